The summed E-state index contributed by atoms with van der Waals surface area (Å²) in [6.45, 7) is 12.8. The fraction of sp³-hybridized carbons (Fsp3) is 0.812. The van der Waals surface area contributed by atoms with Gasteiger partial charge in [0.05, 0.1) is 12.2 Å². The Morgan fingerprint density at radius 1 is 1.48 bits per heavy atom. The lowest BCUT2D eigenvalue weighted by Gasteiger charge is -2.40. The van der Waals surface area contributed by atoms with Crippen LogP contribution in [0.2, 0.25) is 18.1 Å². The van der Waals surface area contributed by atoms with E-state index in [-0.39, 0.29) is 23.2 Å². The average Bonchev–Trinajstić information content (AvgIpc) is 2.25. The van der Waals surface area contributed by atoms with Gasteiger partial charge in [0.15, 0.2) is 8.32 Å². The number of esters is 1. The molecule has 0 fully saturated rings. The molecule has 1 heterocycles. The molecule has 0 aromatic heterocycles. The lowest BCUT2D eigenvalue weighted by atomic mass is 10.0. The molecule has 1 N–H and O–H groups in total. The SMILES string of the molecule is C[C@H](O)C[C@H](C[C@H]1CC=CC(=O)O1)O[Si](C)(C)C(C)(C)C. The second kappa shape index (κ2) is 7.07. The number of hydrogen-bond donors (Lipinski definition) is 1. The van der Waals surface area contributed by atoms with Gasteiger partial charge in [-0.25, -0.2) is 4.79 Å². The molecule has 0 bridgehead atoms. The number of rotatable bonds is 6. The fourth-order valence-corrected chi connectivity index (χ4v) is 3.55. The van der Waals surface area contributed by atoms with Crippen molar-refractivity contribution in [2.45, 2.75) is 83.4 Å². The molecule has 5 heteroatoms. The first-order valence-electron chi connectivity index (χ1n) is 7.74. The molecule has 21 heavy (non-hydrogen) atoms. The highest BCUT2D eigenvalue weighted by Gasteiger charge is 2.40. The molecule has 0 aliphatic carbocycles. The van der Waals surface area contributed by atoms with Crippen molar-refractivity contribution in [3.8, 4) is 0 Å². The maximum atomic E-state index is 11.3. The summed E-state index contributed by atoms with van der Waals surface area (Å²) >= 11 is 0. The average molecular weight is 314 g/mol. The Kier molecular flexibility index (Phi) is 6.19. The van der Waals surface area contributed by atoms with Crippen LogP contribution >= 0.6 is 0 Å². The van der Waals surface area contributed by atoms with Gasteiger partial charge in [-0.3, -0.25) is 0 Å². The van der Waals surface area contributed by atoms with Crippen molar-refractivity contribution in [3.05, 3.63) is 12.2 Å². The Morgan fingerprint density at radius 3 is 2.57 bits per heavy atom. The van der Waals surface area contributed by atoms with Crippen LogP contribution in [0.4, 0.5) is 0 Å². The lowest BCUT2D eigenvalue weighted by molar-refractivity contribution is -0.145. The van der Waals surface area contributed by atoms with Gasteiger partial charge < -0.3 is 14.3 Å². The number of cyclic esters (lactones) is 1. The van der Waals surface area contributed by atoms with Gasteiger partial charge in [-0.1, -0.05) is 26.8 Å². The van der Waals surface area contributed by atoms with E-state index in [0.29, 0.717) is 12.8 Å². The van der Waals surface area contributed by atoms with Crippen LogP contribution in [0.25, 0.3) is 0 Å². The van der Waals surface area contributed by atoms with E-state index in [1.54, 1.807) is 6.92 Å². The van der Waals surface area contributed by atoms with E-state index in [4.69, 9.17) is 9.16 Å². The van der Waals surface area contributed by atoms with E-state index in [1.807, 2.05) is 6.08 Å². The molecular weight excluding hydrogens is 284 g/mol. The van der Waals surface area contributed by atoms with Crippen molar-refractivity contribution >= 4 is 14.3 Å². The molecule has 4 nitrogen and oxygen atoms in total. The van der Waals surface area contributed by atoms with Crippen molar-refractivity contribution in [1.29, 1.82) is 0 Å². The molecule has 0 aromatic carbocycles. The number of hydrogen-bond acceptors (Lipinski definition) is 4. The Bertz CT molecular complexity index is 382. The van der Waals surface area contributed by atoms with Crippen molar-refractivity contribution in [2.75, 3.05) is 0 Å². The standard InChI is InChI=1S/C16H30O4Si/c1-12(17)10-14(20-21(5,6)16(2,3)4)11-13-8-7-9-15(18)19-13/h7,9,12-14,17H,8,10-11H2,1-6H3/t12-,13+,14+/m0/s1. The molecule has 0 spiro atoms. The van der Waals surface area contributed by atoms with Crippen molar-refractivity contribution in [1.82, 2.24) is 0 Å². The molecular formula is C16H30O4Si. The molecule has 122 valence electrons. The van der Waals surface area contributed by atoms with Gasteiger partial charge in [0.2, 0.25) is 0 Å². The zero-order chi connectivity index (χ0) is 16.3. The van der Waals surface area contributed by atoms with E-state index >= 15 is 0 Å². The van der Waals surface area contributed by atoms with Crippen LogP contribution in [-0.4, -0.2) is 37.7 Å². The van der Waals surface area contributed by atoms with Crippen LogP contribution in [-0.2, 0) is 14.0 Å². The van der Waals surface area contributed by atoms with Crippen molar-refractivity contribution in [3.63, 3.8) is 0 Å². The largest absolute Gasteiger partial charge is 0.459 e. The van der Waals surface area contributed by atoms with E-state index in [9.17, 15) is 9.90 Å². The summed E-state index contributed by atoms with van der Waals surface area (Å²) in [6, 6.07) is 0. The second-order valence-corrected chi connectivity index (χ2v) is 12.3. The summed E-state index contributed by atoms with van der Waals surface area (Å²) in [5, 5.41) is 9.84. The predicted octanol–water partition coefficient (Wildman–Crippen LogP) is 3.41. The summed E-state index contributed by atoms with van der Waals surface area (Å²) < 4.78 is 11.7. The zero-order valence-electron chi connectivity index (χ0n) is 14.2. The van der Waals surface area contributed by atoms with E-state index in [0.717, 1.165) is 6.42 Å². The molecule has 0 amide bonds. The number of aliphatic hydroxyl groups excluding tert-OH is 1. The van der Waals surface area contributed by atoms with Gasteiger partial charge in [0.1, 0.15) is 6.10 Å². The molecule has 1 rings (SSSR count). The van der Waals surface area contributed by atoms with Gasteiger partial charge in [-0.15, -0.1) is 0 Å². The van der Waals surface area contributed by atoms with E-state index in [2.05, 4.69) is 33.9 Å². The highest BCUT2D eigenvalue weighted by Crippen LogP contribution is 2.38. The first-order valence-corrected chi connectivity index (χ1v) is 10.6. The molecule has 0 radical (unpaired) electrons. The maximum absolute atomic E-state index is 11.3. The van der Waals surface area contributed by atoms with Gasteiger partial charge >= 0.3 is 5.97 Å². The summed E-state index contributed by atoms with van der Waals surface area (Å²) in [5.74, 6) is -0.283. The van der Waals surface area contributed by atoms with Crippen molar-refractivity contribution < 1.29 is 19.1 Å². The Balaban J connectivity index is 2.72. The molecule has 0 saturated carbocycles. The fourth-order valence-electron chi connectivity index (χ4n) is 2.17. The predicted molar refractivity (Wildman–Crippen MR) is 86.6 cm³/mol. The molecule has 1 aliphatic rings. The number of carbonyl (C=O) groups excluding carboxylic acids is 1. The minimum Gasteiger partial charge on any atom is -0.459 e. The van der Waals surface area contributed by atoms with Crippen LogP contribution in [0.5, 0.6) is 0 Å². The van der Waals surface area contributed by atoms with Crippen molar-refractivity contribution in [2.24, 2.45) is 0 Å². The topological polar surface area (TPSA) is 55.8 Å². The zero-order valence-corrected chi connectivity index (χ0v) is 15.2. The highest BCUT2D eigenvalue weighted by molar-refractivity contribution is 6.74. The quantitative estimate of drug-likeness (QED) is 0.603. The summed E-state index contributed by atoms with van der Waals surface area (Å²) in [6.07, 6.45) is 4.62. The first-order chi connectivity index (χ1) is 9.51. The summed E-state index contributed by atoms with van der Waals surface area (Å²) in [7, 11) is -1.91. The van der Waals surface area contributed by atoms with Crippen LogP contribution in [0.15, 0.2) is 12.2 Å². The van der Waals surface area contributed by atoms with Crippen LogP contribution in [0.1, 0.15) is 47.0 Å². The third-order valence-corrected chi connectivity index (χ3v) is 8.87. The third-order valence-electron chi connectivity index (χ3n) is 4.33. The molecule has 0 aromatic rings. The Morgan fingerprint density at radius 2 is 2.10 bits per heavy atom. The third kappa shape index (κ3) is 5.92. The smallest absolute Gasteiger partial charge is 0.330 e. The second-order valence-electron chi connectivity index (χ2n) is 7.52. The Labute approximate surface area is 129 Å². The monoisotopic (exact) mass is 314 g/mol. The highest BCUT2D eigenvalue weighted by atomic mass is 28.4. The molecule has 0 saturated heterocycles. The van der Waals surface area contributed by atoms with E-state index in [1.165, 1.54) is 6.08 Å². The normalized spacial score (nSPS) is 22.8. The van der Waals surface area contributed by atoms with Crippen LogP contribution in [0.3, 0.4) is 0 Å². The van der Waals surface area contributed by atoms with Gasteiger partial charge in [0, 0.05) is 18.9 Å². The van der Waals surface area contributed by atoms with Crippen LogP contribution in [0, 0.1) is 0 Å². The minimum atomic E-state index is -1.91. The first kappa shape index (κ1) is 18.4. The van der Waals surface area contributed by atoms with Crippen LogP contribution < -0.4 is 0 Å². The molecule has 1 aliphatic heterocycles. The minimum absolute atomic E-state index is 0.0739. The molecule has 0 unspecified atom stereocenters. The van der Waals surface area contributed by atoms with E-state index < -0.39 is 14.4 Å². The Hall–Kier alpha value is -0.653. The maximum Gasteiger partial charge on any atom is 0.330 e. The number of aliphatic hydroxyl groups is 1. The van der Waals surface area contributed by atoms with Gasteiger partial charge in [-0.05, 0) is 31.5 Å². The van der Waals surface area contributed by atoms with Gasteiger partial charge in [-0.2, -0.15) is 0 Å². The summed E-state index contributed by atoms with van der Waals surface area (Å²) in [5.41, 5.74) is 0. The number of carbonyl (C=O) groups is 1. The lowest BCUT2D eigenvalue weighted by Crippen LogP contribution is -2.45. The molecule has 3 atom stereocenters. The van der Waals surface area contributed by atoms with Gasteiger partial charge in [0.25, 0.3) is 0 Å². The number of ether oxygens (including phenoxy) is 1. The summed E-state index contributed by atoms with van der Waals surface area (Å²) in [4.78, 5) is 11.3.